The Hall–Kier alpha value is -2.40. The van der Waals surface area contributed by atoms with Gasteiger partial charge in [-0.15, -0.1) is 0 Å². The number of aromatic nitrogens is 1. The fourth-order valence-electron chi connectivity index (χ4n) is 2.98. The Labute approximate surface area is 134 Å². The van der Waals surface area contributed by atoms with E-state index in [4.69, 9.17) is 4.74 Å². The molecule has 2 heterocycles. The number of ether oxygens (including phenoxy) is 1. The van der Waals surface area contributed by atoms with Crippen LogP contribution < -0.4 is 10.9 Å². The molecule has 1 aromatic heterocycles. The molecule has 0 saturated carbocycles. The largest absolute Gasteiger partial charge is 0.373 e. The molecule has 1 aromatic carbocycles. The van der Waals surface area contributed by atoms with Crippen molar-refractivity contribution in [2.24, 2.45) is 5.92 Å². The average Bonchev–Trinajstić information content (AvgIpc) is 2.61. The number of nitrogens with one attached hydrogen (secondary N) is 2. The van der Waals surface area contributed by atoms with E-state index in [1.807, 2.05) is 30.3 Å². The van der Waals surface area contributed by atoms with Crippen molar-refractivity contribution in [1.82, 2.24) is 10.3 Å². The predicted molar refractivity (Wildman–Crippen MR) is 87.3 cm³/mol. The van der Waals surface area contributed by atoms with Crippen molar-refractivity contribution in [3.8, 4) is 0 Å². The van der Waals surface area contributed by atoms with Crippen molar-refractivity contribution in [1.29, 1.82) is 0 Å². The van der Waals surface area contributed by atoms with Gasteiger partial charge < -0.3 is 15.0 Å². The van der Waals surface area contributed by atoms with Gasteiger partial charge in [0.2, 0.25) is 0 Å². The van der Waals surface area contributed by atoms with Crippen molar-refractivity contribution in [2.45, 2.75) is 18.9 Å². The molecule has 5 heteroatoms. The Morgan fingerprint density at radius 3 is 2.83 bits per heavy atom. The minimum absolute atomic E-state index is 0.0145. The summed E-state index contributed by atoms with van der Waals surface area (Å²) in [6.07, 6.45) is 3.47. The van der Waals surface area contributed by atoms with Crippen LogP contribution in [0, 0.1) is 5.92 Å². The van der Waals surface area contributed by atoms with Gasteiger partial charge in [-0.25, -0.2) is 0 Å². The molecule has 2 aromatic rings. The molecule has 120 valence electrons. The number of benzene rings is 1. The zero-order valence-corrected chi connectivity index (χ0v) is 12.8. The van der Waals surface area contributed by atoms with Gasteiger partial charge in [0.1, 0.15) is 5.56 Å². The van der Waals surface area contributed by atoms with E-state index in [2.05, 4.69) is 10.3 Å². The molecule has 3 rings (SSSR count). The normalized spacial score (nSPS) is 20.9. The second-order valence-corrected chi connectivity index (χ2v) is 5.73. The number of carbonyl (C=O) groups excluding carboxylic acids is 1. The molecule has 0 spiro atoms. The van der Waals surface area contributed by atoms with Crippen LogP contribution in [-0.2, 0) is 4.74 Å². The van der Waals surface area contributed by atoms with Crippen LogP contribution in [0.4, 0.5) is 0 Å². The Kier molecular flexibility index (Phi) is 4.88. The van der Waals surface area contributed by atoms with E-state index in [-0.39, 0.29) is 29.1 Å². The highest BCUT2D eigenvalue weighted by Gasteiger charge is 2.27. The quantitative estimate of drug-likeness (QED) is 0.910. The number of amides is 1. The van der Waals surface area contributed by atoms with Crippen LogP contribution in [0.5, 0.6) is 0 Å². The summed E-state index contributed by atoms with van der Waals surface area (Å²) in [5, 5.41) is 2.87. The third-order valence-corrected chi connectivity index (χ3v) is 4.16. The van der Waals surface area contributed by atoms with Crippen molar-refractivity contribution >= 4 is 5.91 Å². The van der Waals surface area contributed by atoms with Crippen LogP contribution >= 0.6 is 0 Å². The summed E-state index contributed by atoms with van der Waals surface area (Å²) in [5.74, 6) is -0.137. The number of hydrogen-bond donors (Lipinski definition) is 2. The van der Waals surface area contributed by atoms with Crippen LogP contribution in [0.2, 0.25) is 0 Å². The molecule has 1 aliphatic rings. The van der Waals surface area contributed by atoms with E-state index in [0.717, 1.165) is 25.0 Å². The molecule has 2 N–H and O–H groups in total. The molecular formula is C18H20N2O3. The average molecular weight is 312 g/mol. The van der Waals surface area contributed by atoms with E-state index in [1.165, 1.54) is 12.3 Å². The molecule has 0 bridgehead atoms. The highest BCUT2D eigenvalue weighted by atomic mass is 16.5. The smallest absolute Gasteiger partial charge is 0.260 e. The molecule has 1 fully saturated rings. The van der Waals surface area contributed by atoms with Crippen LogP contribution in [-0.4, -0.2) is 24.0 Å². The lowest BCUT2D eigenvalue weighted by molar-refractivity contribution is -0.0272. The van der Waals surface area contributed by atoms with Crippen LogP contribution in [0.3, 0.4) is 0 Å². The Morgan fingerprint density at radius 2 is 2.04 bits per heavy atom. The van der Waals surface area contributed by atoms with Gasteiger partial charge >= 0.3 is 0 Å². The van der Waals surface area contributed by atoms with E-state index in [1.54, 1.807) is 6.07 Å². The zero-order chi connectivity index (χ0) is 16.1. The van der Waals surface area contributed by atoms with Gasteiger partial charge in [-0.3, -0.25) is 9.59 Å². The van der Waals surface area contributed by atoms with Gasteiger partial charge in [-0.05, 0) is 30.5 Å². The maximum atomic E-state index is 12.2. The van der Waals surface area contributed by atoms with Crippen molar-refractivity contribution in [3.63, 3.8) is 0 Å². The topological polar surface area (TPSA) is 71.2 Å². The maximum Gasteiger partial charge on any atom is 0.260 e. The number of carbonyl (C=O) groups is 1. The SMILES string of the molecule is O=C(NC[C@@H]1CCCO[C@@H]1c1ccccc1)c1ccc[nH]c1=O. The summed E-state index contributed by atoms with van der Waals surface area (Å²) in [4.78, 5) is 26.3. The Morgan fingerprint density at radius 1 is 1.22 bits per heavy atom. The summed E-state index contributed by atoms with van der Waals surface area (Å²) in [6.45, 7) is 1.23. The molecule has 5 nitrogen and oxygen atoms in total. The second kappa shape index (κ2) is 7.24. The van der Waals surface area contributed by atoms with Gasteiger partial charge in [0.05, 0.1) is 6.10 Å². The van der Waals surface area contributed by atoms with E-state index >= 15 is 0 Å². The first-order valence-corrected chi connectivity index (χ1v) is 7.88. The van der Waals surface area contributed by atoms with Crippen LogP contribution in [0.15, 0.2) is 53.5 Å². The first-order chi connectivity index (χ1) is 11.3. The lowest BCUT2D eigenvalue weighted by Crippen LogP contribution is -2.37. The summed E-state index contributed by atoms with van der Waals surface area (Å²) < 4.78 is 5.92. The van der Waals surface area contributed by atoms with Gasteiger partial charge in [-0.1, -0.05) is 30.3 Å². The minimum atomic E-state index is -0.371. The summed E-state index contributed by atoms with van der Waals surface area (Å²) in [5.41, 5.74) is 0.897. The van der Waals surface area contributed by atoms with Gasteiger partial charge in [0.25, 0.3) is 11.5 Å². The maximum absolute atomic E-state index is 12.2. The molecular weight excluding hydrogens is 292 g/mol. The lowest BCUT2D eigenvalue weighted by Gasteiger charge is -2.32. The standard InChI is InChI=1S/C18H20N2O3/c21-17-15(9-4-10-19-17)18(22)20-12-14-8-5-11-23-16(14)13-6-2-1-3-7-13/h1-4,6-7,9-10,14,16H,5,8,11-12H2,(H,19,21)(H,20,22)/t14-,16+/m0/s1. The number of H-pyrrole nitrogens is 1. The van der Waals surface area contributed by atoms with Gasteiger partial charge in [0, 0.05) is 25.3 Å². The zero-order valence-electron chi connectivity index (χ0n) is 12.8. The molecule has 1 amide bonds. The van der Waals surface area contributed by atoms with E-state index in [9.17, 15) is 9.59 Å². The van der Waals surface area contributed by atoms with Crippen molar-refractivity contribution in [3.05, 3.63) is 70.1 Å². The molecule has 2 atom stereocenters. The summed E-state index contributed by atoms with van der Waals surface area (Å²) >= 11 is 0. The third-order valence-electron chi connectivity index (χ3n) is 4.16. The molecule has 0 unspecified atom stereocenters. The van der Waals surface area contributed by atoms with E-state index < -0.39 is 0 Å². The number of hydrogen-bond acceptors (Lipinski definition) is 3. The predicted octanol–water partition coefficient (Wildman–Crippen LogP) is 2.27. The molecule has 1 saturated heterocycles. The molecule has 23 heavy (non-hydrogen) atoms. The highest BCUT2D eigenvalue weighted by molar-refractivity contribution is 5.93. The number of aromatic amines is 1. The lowest BCUT2D eigenvalue weighted by atomic mass is 9.89. The monoisotopic (exact) mass is 312 g/mol. The third kappa shape index (κ3) is 3.68. The van der Waals surface area contributed by atoms with E-state index in [0.29, 0.717) is 6.54 Å². The number of rotatable bonds is 4. The summed E-state index contributed by atoms with van der Waals surface area (Å²) in [7, 11) is 0. The number of pyridine rings is 1. The van der Waals surface area contributed by atoms with Gasteiger partial charge in [0.15, 0.2) is 0 Å². The fourth-order valence-corrected chi connectivity index (χ4v) is 2.98. The first-order valence-electron chi connectivity index (χ1n) is 7.88. The first kappa shape index (κ1) is 15.5. The van der Waals surface area contributed by atoms with Crippen molar-refractivity contribution in [2.75, 3.05) is 13.2 Å². The molecule has 0 radical (unpaired) electrons. The van der Waals surface area contributed by atoms with Crippen LogP contribution in [0.1, 0.15) is 34.9 Å². The van der Waals surface area contributed by atoms with Gasteiger partial charge in [-0.2, -0.15) is 0 Å². The van der Waals surface area contributed by atoms with Crippen LogP contribution in [0.25, 0.3) is 0 Å². The molecule has 0 aliphatic carbocycles. The van der Waals surface area contributed by atoms with Crippen molar-refractivity contribution < 1.29 is 9.53 Å². The summed E-state index contributed by atoms with van der Waals surface area (Å²) in [6, 6.07) is 13.2. The Balaban J connectivity index is 1.67. The second-order valence-electron chi connectivity index (χ2n) is 5.73. The minimum Gasteiger partial charge on any atom is -0.373 e. The fraction of sp³-hybridized carbons (Fsp3) is 0.333. The molecule has 1 aliphatic heterocycles. The highest BCUT2D eigenvalue weighted by Crippen LogP contribution is 2.33. The Bertz CT molecular complexity index is 711.